The molecule has 1 aromatic heterocycles. The van der Waals surface area contributed by atoms with Crippen molar-refractivity contribution in [2.45, 2.75) is 13.5 Å². The number of fused-ring (bicyclic) bond motifs is 1. The van der Waals surface area contributed by atoms with Gasteiger partial charge in [0.2, 0.25) is 5.91 Å². The molecule has 0 spiro atoms. The molecule has 0 aliphatic carbocycles. The van der Waals surface area contributed by atoms with Crippen LogP contribution in [-0.4, -0.2) is 17.0 Å². The monoisotopic (exact) mass is 220 g/mol. The molecule has 4 heteroatoms. The van der Waals surface area contributed by atoms with Crippen LogP contribution >= 0.6 is 0 Å². The van der Waals surface area contributed by atoms with E-state index < -0.39 is 0 Å². The highest BCUT2D eigenvalue weighted by molar-refractivity contribution is 5.83. The molecule has 0 aliphatic heterocycles. The van der Waals surface area contributed by atoms with Crippen LogP contribution in [-0.2, 0) is 11.3 Å². The Morgan fingerprint density at radius 2 is 2.25 bits per heavy atom. The number of aromatic nitrogens is 1. The van der Waals surface area contributed by atoms with Crippen molar-refractivity contribution in [2.24, 2.45) is 0 Å². The number of nitrogens with one attached hydrogen (secondary N) is 1. The molecule has 1 amide bonds. The first-order valence-electron chi connectivity index (χ1n) is 5.22. The van der Waals surface area contributed by atoms with Gasteiger partial charge in [0.1, 0.15) is 12.4 Å². The number of hydrogen-bond donors (Lipinski definition) is 1. The summed E-state index contributed by atoms with van der Waals surface area (Å²) >= 11 is 0. The number of amides is 1. The van der Waals surface area contributed by atoms with E-state index in [4.69, 9.17) is 0 Å². The SMILES string of the molecule is CCNC(=O)Cn1ccc2cc(F)ccc21. The Morgan fingerprint density at radius 3 is 3.00 bits per heavy atom. The van der Waals surface area contributed by atoms with E-state index in [-0.39, 0.29) is 18.3 Å². The largest absolute Gasteiger partial charge is 0.355 e. The number of hydrogen-bond acceptors (Lipinski definition) is 1. The van der Waals surface area contributed by atoms with Gasteiger partial charge in [-0.05, 0) is 31.2 Å². The molecule has 2 aromatic rings. The molecule has 0 aliphatic rings. The van der Waals surface area contributed by atoms with Crippen LogP contribution < -0.4 is 5.32 Å². The summed E-state index contributed by atoms with van der Waals surface area (Å²) < 4.78 is 14.7. The van der Waals surface area contributed by atoms with Crippen LogP contribution in [0.15, 0.2) is 30.5 Å². The van der Waals surface area contributed by atoms with Crippen LogP contribution in [0.2, 0.25) is 0 Å². The molecule has 1 aromatic carbocycles. The summed E-state index contributed by atoms with van der Waals surface area (Å²) in [4.78, 5) is 11.4. The molecule has 0 saturated carbocycles. The number of carbonyl (C=O) groups excluding carboxylic acids is 1. The third kappa shape index (κ3) is 2.05. The van der Waals surface area contributed by atoms with Crippen LogP contribution in [0.4, 0.5) is 4.39 Å². The number of nitrogens with zero attached hydrogens (tertiary/aromatic N) is 1. The molecule has 0 fully saturated rings. The van der Waals surface area contributed by atoms with E-state index in [1.807, 2.05) is 6.92 Å². The summed E-state index contributed by atoms with van der Waals surface area (Å²) in [5.74, 6) is -0.299. The van der Waals surface area contributed by atoms with Gasteiger partial charge in [0.05, 0.1) is 0 Å². The number of benzene rings is 1. The average molecular weight is 220 g/mol. The molecular formula is C12H13FN2O. The lowest BCUT2D eigenvalue weighted by Gasteiger charge is -2.05. The van der Waals surface area contributed by atoms with Crippen molar-refractivity contribution in [2.75, 3.05) is 6.54 Å². The van der Waals surface area contributed by atoms with Gasteiger partial charge in [0.25, 0.3) is 0 Å². The fraction of sp³-hybridized carbons (Fsp3) is 0.250. The van der Waals surface area contributed by atoms with Crippen molar-refractivity contribution < 1.29 is 9.18 Å². The maximum Gasteiger partial charge on any atom is 0.239 e. The molecule has 0 saturated heterocycles. The first-order valence-corrected chi connectivity index (χ1v) is 5.22. The predicted octanol–water partition coefficient (Wildman–Crippen LogP) is 1.92. The quantitative estimate of drug-likeness (QED) is 0.842. The van der Waals surface area contributed by atoms with Crippen molar-refractivity contribution in [1.29, 1.82) is 0 Å². The van der Waals surface area contributed by atoms with Crippen molar-refractivity contribution in [3.8, 4) is 0 Å². The average Bonchev–Trinajstić information content (AvgIpc) is 2.61. The zero-order valence-electron chi connectivity index (χ0n) is 9.03. The summed E-state index contributed by atoms with van der Waals surface area (Å²) in [7, 11) is 0. The van der Waals surface area contributed by atoms with Crippen LogP contribution in [0.5, 0.6) is 0 Å². The molecular weight excluding hydrogens is 207 g/mol. The summed E-state index contributed by atoms with van der Waals surface area (Å²) in [6.07, 6.45) is 1.79. The van der Waals surface area contributed by atoms with Gasteiger partial charge >= 0.3 is 0 Å². The van der Waals surface area contributed by atoms with Gasteiger partial charge in [0.15, 0.2) is 0 Å². The predicted molar refractivity (Wildman–Crippen MR) is 60.6 cm³/mol. The third-order valence-electron chi connectivity index (χ3n) is 2.42. The van der Waals surface area contributed by atoms with Gasteiger partial charge in [-0.3, -0.25) is 4.79 Å². The first-order chi connectivity index (χ1) is 7.70. The van der Waals surface area contributed by atoms with Gasteiger partial charge < -0.3 is 9.88 Å². The van der Waals surface area contributed by atoms with Crippen LogP contribution in [0.3, 0.4) is 0 Å². The summed E-state index contributed by atoms with van der Waals surface area (Å²) in [5.41, 5.74) is 0.868. The minimum absolute atomic E-state index is 0.0377. The highest BCUT2D eigenvalue weighted by Crippen LogP contribution is 2.16. The molecule has 0 bridgehead atoms. The summed E-state index contributed by atoms with van der Waals surface area (Å²) in [6.45, 7) is 2.76. The maximum absolute atomic E-state index is 12.9. The van der Waals surface area contributed by atoms with Gasteiger partial charge in [-0.25, -0.2) is 4.39 Å². The molecule has 16 heavy (non-hydrogen) atoms. The molecule has 0 radical (unpaired) electrons. The Bertz CT molecular complexity index is 519. The standard InChI is InChI=1S/C12H13FN2O/c1-2-14-12(16)8-15-6-5-9-7-10(13)3-4-11(9)15/h3-7H,2,8H2,1H3,(H,14,16). The van der Waals surface area contributed by atoms with Crippen LogP contribution in [0, 0.1) is 5.82 Å². The third-order valence-corrected chi connectivity index (χ3v) is 2.42. The highest BCUT2D eigenvalue weighted by atomic mass is 19.1. The Morgan fingerprint density at radius 1 is 1.44 bits per heavy atom. The number of carbonyl (C=O) groups is 1. The molecule has 3 nitrogen and oxygen atoms in total. The first kappa shape index (κ1) is 10.7. The van der Waals surface area contributed by atoms with E-state index in [1.165, 1.54) is 12.1 Å². The van der Waals surface area contributed by atoms with E-state index >= 15 is 0 Å². The molecule has 0 unspecified atom stereocenters. The fourth-order valence-electron chi connectivity index (χ4n) is 1.72. The molecule has 2 rings (SSSR count). The number of rotatable bonds is 3. The molecule has 1 heterocycles. The maximum atomic E-state index is 12.9. The van der Waals surface area contributed by atoms with Gasteiger partial charge in [-0.15, -0.1) is 0 Å². The van der Waals surface area contributed by atoms with Crippen molar-refractivity contribution in [3.63, 3.8) is 0 Å². The fourth-order valence-corrected chi connectivity index (χ4v) is 1.72. The van der Waals surface area contributed by atoms with Crippen molar-refractivity contribution in [1.82, 2.24) is 9.88 Å². The lowest BCUT2D eigenvalue weighted by Crippen LogP contribution is -2.26. The number of likely N-dealkylation sites (N-methyl/N-ethyl adjacent to an activating group) is 1. The minimum atomic E-state index is -0.261. The van der Waals surface area contributed by atoms with Gasteiger partial charge in [0, 0.05) is 23.6 Å². The second kappa shape index (κ2) is 4.35. The molecule has 1 N–H and O–H groups in total. The van der Waals surface area contributed by atoms with E-state index in [9.17, 15) is 9.18 Å². The van der Waals surface area contributed by atoms with E-state index in [0.29, 0.717) is 6.54 Å². The Kier molecular flexibility index (Phi) is 2.90. The topological polar surface area (TPSA) is 34.0 Å². The second-order valence-electron chi connectivity index (χ2n) is 3.60. The van der Waals surface area contributed by atoms with Crippen molar-refractivity contribution in [3.05, 3.63) is 36.3 Å². The van der Waals surface area contributed by atoms with E-state index in [1.54, 1.807) is 22.9 Å². The zero-order valence-corrected chi connectivity index (χ0v) is 9.03. The smallest absolute Gasteiger partial charge is 0.239 e. The van der Waals surface area contributed by atoms with Crippen LogP contribution in [0.25, 0.3) is 10.9 Å². The Hall–Kier alpha value is -1.84. The lowest BCUT2D eigenvalue weighted by atomic mass is 10.2. The van der Waals surface area contributed by atoms with Crippen LogP contribution in [0.1, 0.15) is 6.92 Å². The minimum Gasteiger partial charge on any atom is -0.355 e. The zero-order chi connectivity index (χ0) is 11.5. The highest BCUT2D eigenvalue weighted by Gasteiger charge is 2.05. The van der Waals surface area contributed by atoms with E-state index in [2.05, 4.69) is 5.32 Å². The van der Waals surface area contributed by atoms with Gasteiger partial charge in [-0.2, -0.15) is 0 Å². The number of halogens is 1. The Labute approximate surface area is 92.9 Å². The molecule has 84 valence electrons. The second-order valence-corrected chi connectivity index (χ2v) is 3.60. The Balaban J connectivity index is 2.28. The molecule has 0 atom stereocenters. The summed E-state index contributed by atoms with van der Waals surface area (Å²) in [6, 6.07) is 6.35. The lowest BCUT2D eigenvalue weighted by molar-refractivity contribution is -0.121. The normalized spacial score (nSPS) is 10.6. The van der Waals surface area contributed by atoms with E-state index in [0.717, 1.165) is 10.9 Å². The van der Waals surface area contributed by atoms with Gasteiger partial charge in [-0.1, -0.05) is 0 Å². The summed E-state index contributed by atoms with van der Waals surface area (Å²) in [5, 5.41) is 3.54. The van der Waals surface area contributed by atoms with Crippen molar-refractivity contribution >= 4 is 16.8 Å².